The third-order valence-corrected chi connectivity index (χ3v) is 4.72. The SMILES string of the molecule is O=C1CCC(c2nc(-c3cccc(Cl)c3)no2)N1Cc1cc(F)ccc1F. The van der Waals surface area contributed by atoms with E-state index in [1.807, 2.05) is 0 Å². The summed E-state index contributed by atoms with van der Waals surface area (Å²) in [7, 11) is 0. The average Bonchev–Trinajstić information content (AvgIpc) is 3.26. The predicted octanol–water partition coefficient (Wildman–Crippen LogP) is 4.53. The molecule has 0 spiro atoms. The highest BCUT2D eigenvalue weighted by Crippen LogP contribution is 2.34. The van der Waals surface area contributed by atoms with Crippen molar-refractivity contribution in [3.8, 4) is 11.4 Å². The summed E-state index contributed by atoms with van der Waals surface area (Å²) < 4.78 is 32.8. The summed E-state index contributed by atoms with van der Waals surface area (Å²) in [5.74, 6) is -0.696. The normalized spacial score (nSPS) is 16.9. The predicted molar refractivity (Wildman–Crippen MR) is 93.6 cm³/mol. The number of halogens is 3. The summed E-state index contributed by atoms with van der Waals surface area (Å²) in [6, 6.07) is 9.68. The number of nitrogens with zero attached hydrogens (tertiary/aromatic N) is 3. The molecule has 2 aromatic carbocycles. The quantitative estimate of drug-likeness (QED) is 0.657. The first kappa shape index (κ1) is 17.6. The second-order valence-corrected chi connectivity index (χ2v) is 6.71. The van der Waals surface area contributed by atoms with Crippen LogP contribution in [0.1, 0.15) is 30.3 Å². The van der Waals surface area contributed by atoms with Crippen molar-refractivity contribution in [1.29, 1.82) is 0 Å². The van der Waals surface area contributed by atoms with E-state index in [4.69, 9.17) is 16.1 Å². The lowest BCUT2D eigenvalue weighted by molar-refractivity contribution is -0.130. The van der Waals surface area contributed by atoms with E-state index in [2.05, 4.69) is 10.1 Å². The van der Waals surface area contributed by atoms with Gasteiger partial charge in [-0.3, -0.25) is 4.79 Å². The van der Waals surface area contributed by atoms with Crippen LogP contribution in [-0.2, 0) is 11.3 Å². The molecule has 3 aromatic rings. The second kappa shape index (κ2) is 7.08. The van der Waals surface area contributed by atoms with Crippen LogP contribution in [0.3, 0.4) is 0 Å². The zero-order chi connectivity index (χ0) is 19.0. The molecule has 1 aliphatic heterocycles. The van der Waals surface area contributed by atoms with Crippen molar-refractivity contribution in [2.45, 2.75) is 25.4 Å². The van der Waals surface area contributed by atoms with Gasteiger partial charge < -0.3 is 9.42 Å². The molecule has 0 radical (unpaired) electrons. The van der Waals surface area contributed by atoms with Gasteiger partial charge in [0.25, 0.3) is 0 Å². The molecule has 1 saturated heterocycles. The zero-order valence-corrected chi connectivity index (χ0v) is 14.8. The largest absolute Gasteiger partial charge is 0.337 e. The van der Waals surface area contributed by atoms with E-state index in [1.165, 1.54) is 4.90 Å². The summed E-state index contributed by atoms with van der Waals surface area (Å²) in [4.78, 5) is 18.1. The van der Waals surface area contributed by atoms with Gasteiger partial charge in [0.15, 0.2) is 0 Å². The Balaban J connectivity index is 1.61. The van der Waals surface area contributed by atoms with Crippen molar-refractivity contribution in [1.82, 2.24) is 15.0 Å². The van der Waals surface area contributed by atoms with Crippen LogP contribution in [0.5, 0.6) is 0 Å². The van der Waals surface area contributed by atoms with Crippen molar-refractivity contribution in [2.24, 2.45) is 0 Å². The summed E-state index contributed by atoms with van der Waals surface area (Å²) in [5, 5.41) is 4.49. The van der Waals surface area contributed by atoms with Crippen molar-refractivity contribution in [3.63, 3.8) is 0 Å². The van der Waals surface area contributed by atoms with E-state index < -0.39 is 17.7 Å². The number of likely N-dealkylation sites (tertiary alicyclic amines) is 1. The van der Waals surface area contributed by atoms with E-state index in [1.54, 1.807) is 24.3 Å². The van der Waals surface area contributed by atoms with Crippen LogP contribution in [-0.4, -0.2) is 20.9 Å². The number of aromatic nitrogens is 2. The zero-order valence-electron chi connectivity index (χ0n) is 14.0. The minimum absolute atomic E-state index is 0.0675. The third kappa shape index (κ3) is 3.55. The van der Waals surface area contributed by atoms with Crippen LogP contribution in [0.25, 0.3) is 11.4 Å². The Morgan fingerprint density at radius 2 is 2.07 bits per heavy atom. The molecule has 0 saturated carbocycles. The average molecular weight is 390 g/mol. The number of rotatable bonds is 4. The summed E-state index contributed by atoms with van der Waals surface area (Å²) >= 11 is 5.98. The number of hydrogen-bond acceptors (Lipinski definition) is 4. The van der Waals surface area contributed by atoms with Crippen molar-refractivity contribution >= 4 is 17.5 Å². The molecule has 1 fully saturated rings. The molecule has 8 heteroatoms. The number of benzene rings is 2. The van der Waals surface area contributed by atoms with Crippen LogP contribution in [0.4, 0.5) is 8.78 Å². The van der Waals surface area contributed by atoms with Crippen LogP contribution in [0, 0.1) is 11.6 Å². The molecule has 2 heterocycles. The maximum atomic E-state index is 14.0. The minimum Gasteiger partial charge on any atom is -0.337 e. The number of carbonyl (C=O) groups is 1. The van der Waals surface area contributed by atoms with Crippen molar-refractivity contribution in [3.05, 3.63) is 70.6 Å². The van der Waals surface area contributed by atoms with E-state index in [0.29, 0.717) is 22.8 Å². The fourth-order valence-electron chi connectivity index (χ4n) is 3.15. The van der Waals surface area contributed by atoms with Gasteiger partial charge in [0.1, 0.15) is 17.7 Å². The number of amides is 1. The molecule has 5 nitrogen and oxygen atoms in total. The molecule has 1 aromatic heterocycles. The summed E-state index contributed by atoms with van der Waals surface area (Å²) in [5.41, 5.74) is 0.786. The first-order valence-corrected chi connectivity index (χ1v) is 8.72. The molecule has 0 aliphatic carbocycles. The van der Waals surface area contributed by atoms with E-state index >= 15 is 0 Å². The molecule has 1 unspecified atom stereocenters. The standard InChI is InChI=1S/C19H14ClF2N3O2/c20-13-3-1-2-11(8-13)18-23-19(27-24-18)16-6-7-17(26)25(16)10-12-9-14(21)4-5-15(12)22/h1-5,8-9,16H,6-7,10H2. The Morgan fingerprint density at radius 1 is 1.22 bits per heavy atom. The van der Waals surface area contributed by atoms with Gasteiger partial charge in [0.05, 0.1) is 0 Å². The third-order valence-electron chi connectivity index (χ3n) is 4.49. The van der Waals surface area contributed by atoms with Gasteiger partial charge in [-0.1, -0.05) is 28.9 Å². The Labute approximate surface area is 158 Å². The molecule has 4 rings (SSSR count). The van der Waals surface area contributed by atoms with Crippen molar-refractivity contribution in [2.75, 3.05) is 0 Å². The van der Waals surface area contributed by atoms with Gasteiger partial charge >= 0.3 is 0 Å². The van der Waals surface area contributed by atoms with E-state index in [-0.39, 0.29) is 30.3 Å². The highest BCUT2D eigenvalue weighted by atomic mass is 35.5. The van der Waals surface area contributed by atoms with E-state index in [9.17, 15) is 13.6 Å². The molecular weight excluding hydrogens is 376 g/mol. The van der Waals surface area contributed by atoms with Crippen LogP contribution >= 0.6 is 11.6 Å². The molecule has 27 heavy (non-hydrogen) atoms. The molecular formula is C19H14ClF2N3O2. The Bertz CT molecular complexity index is 1010. The fourth-order valence-corrected chi connectivity index (χ4v) is 3.34. The van der Waals surface area contributed by atoms with Crippen LogP contribution in [0.2, 0.25) is 5.02 Å². The second-order valence-electron chi connectivity index (χ2n) is 6.28. The molecule has 0 N–H and O–H groups in total. The first-order chi connectivity index (χ1) is 13.0. The van der Waals surface area contributed by atoms with Crippen LogP contribution in [0.15, 0.2) is 47.0 Å². The van der Waals surface area contributed by atoms with Gasteiger partial charge in [-0.05, 0) is 36.8 Å². The first-order valence-electron chi connectivity index (χ1n) is 8.34. The van der Waals surface area contributed by atoms with Crippen molar-refractivity contribution < 1.29 is 18.1 Å². The lowest BCUT2D eigenvalue weighted by Crippen LogP contribution is -2.27. The number of carbonyl (C=O) groups excluding carboxylic acids is 1. The molecule has 138 valence electrons. The van der Waals surface area contributed by atoms with Gasteiger partial charge in [0, 0.05) is 29.1 Å². The molecule has 1 aliphatic rings. The summed E-state index contributed by atoms with van der Waals surface area (Å²) in [6.07, 6.45) is 0.740. The van der Waals surface area contributed by atoms with Crippen LogP contribution < -0.4 is 0 Å². The monoisotopic (exact) mass is 389 g/mol. The Kier molecular flexibility index (Phi) is 4.61. The van der Waals surface area contributed by atoms with Gasteiger partial charge in [-0.15, -0.1) is 0 Å². The highest BCUT2D eigenvalue weighted by molar-refractivity contribution is 6.30. The molecule has 1 atom stereocenters. The highest BCUT2D eigenvalue weighted by Gasteiger charge is 2.36. The topological polar surface area (TPSA) is 59.2 Å². The minimum atomic E-state index is -0.569. The van der Waals surface area contributed by atoms with Gasteiger partial charge in [0.2, 0.25) is 17.6 Å². The fraction of sp³-hybridized carbons (Fsp3) is 0.211. The van der Waals surface area contributed by atoms with Gasteiger partial charge in [-0.25, -0.2) is 8.78 Å². The molecule has 0 bridgehead atoms. The summed E-state index contributed by atoms with van der Waals surface area (Å²) in [6.45, 7) is -0.0675. The number of hydrogen-bond donors (Lipinski definition) is 0. The Hall–Kier alpha value is -2.80. The maximum Gasteiger partial charge on any atom is 0.249 e. The molecule has 1 amide bonds. The maximum absolute atomic E-state index is 14.0. The lowest BCUT2D eigenvalue weighted by Gasteiger charge is -2.22. The smallest absolute Gasteiger partial charge is 0.249 e. The van der Waals surface area contributed by atoms with E-state index in [0.717, 1.165) is 18.2 Å². The lowest BCUT2D eigenvalue weighted by atomic mass is 10.1. The van der Waals surface area contributed by atoms with Gasteiger partial charge in [-0.2, -0.15) is 4.98 Å². The Morgan fingerprint density at radius 3 is 2.89 bits per heavy atom.